The third kappa shape index (κ3) is 3.94. The van der Waals surface area contributed by atoms with Gasteiger partial charge in [0.2, 0.25) is 0 Å². The molecule has 2 rings (SSSR count). The third-order valence-electron chi connectivity index (χ3n) is 3.00. The molecule has 0 saturated carbocycles. The van der Waals surface area contributed by atoms with Crippen molar-refractivity contribution in [1.82, 2.24) is 0 Å². The van der Waals surface area contributed by atoms with Crippen molar-refractivity contribution in [3.8, 4) is 0 Å². The van der Waals surface area contributed by atoms with Gasteiger partial charge >= 0.3 is 0 Å². The van der Waals surface area contributed by atoms with Crippen molar-refractivity contribution >= 4 is 27.3 Å². The average molecular weight is 325 g/mol. The van der Waals surface area contributed by atoms with E-state index < -0.39 is 0 Å². The molecule has 3 heteroatoms. The molecule has 0 spiro atoms. The Bertz CT molecular complexity index is 489. The van der Waals surface area contributed by atoms with E-state index in [1.165, 1.54) is 16.0 Å². The van der Waals surface area contributed by atoms with E-state index in [2.05, 4.69) is 47.1 Å². The third-order valence-corrected chi connectivity index (χ3v) is 4.95. The predicted octanol–water partition coefficient (Wildman–Crippen LogP) is 4.36. The molecule has 18 heavy (non-hydrogen) atoms. The van der Waals surface area contributed by atoms with Crippen LogP contribution in [0.1, 0.15) is 22.4 Å². The molecule has 0 amide bonds. The first-order valence-electron chi connectivity index (χ1n) is 6.10. The summed E-state index contributed by atoms with van der Waals surface area (Å²) in [6.07, 6.45) is 2.23. The molecule has 0 bridgehead atoms. The van der Waals surface area contributed by atoms with Crippen molar-refractivity contribution in [2.45, 2.75) is 32.3 Å². The first-order chi connectivity index (χ1) is 8.65. The SMILES string of the molecule is Cc1ccc(CCC(O)Cc2sccc2Br)cc1. The first kappa shape index (κ1) is 13.8. The topological polar surface area (TPSA) is 20.2 Å². The van der Waals surface area contributed by atoms with Crippen LogP contribution in [0.15, 0.2) is 40.2 Å². The van der Waals surface area contributed by atoms with Gasteiger partial charge in [-0.3, -0.25) is 0 Å². The Morgan fingerprint density at radius 3 is 2.56 bits per heavy atom. The number of benzene rings is 1. The lowest BCUT2D eigenvalue weighted by molar-refractivity contribution is 0.166. The quantitative estimate of drug-likeness (QED) is 0.866. The summed E-state index contributed by atoms with van der Waals surface area (Å²) in [7, 11) is 0. The molecule has 0 aliphatic rings. The number of aliphatic hydroxyl groups is 1. The van der Waals surface area contributed by atoms with Gasteiger partial charge in [0, 0.05) is 15.8 Å². The number of hydrogen-bond acceptors (Lipinski definition) is 2. The van der Waals surface area contributed by atoms with Gasteiger partial charge in [0.05, 0.1) is 6.10 Å². The molecule has 0 saturated heterocycles. The maximum absolute atomic E-state index is 10.0. The molecular formula is C15H17BrOS. The summed E-state index contributed by atoms with van der Waals surface area (Å²) < 4.78 is 1.11. The van der Waals surface area contributed by atoms with Crippen LogP contribution in [0.3, 0.4) is 0 Å². The van der Waals surface area contributed by atoms with E-state index in [4.69, 9.17) is 0 Å². The number of thiophene rings is 1. The summed E-state index contributed by atoms with van der Waals surface area (Å²) in [6.45, 7) is 2.09. The molecular weight excluding hydrogens is 308 g/mol. The first-order valence-corrected chi connectivity index (χ1v) is 7.78. The summed E-state index contributed by atoms with van der Waals surface area (Å²) in [5.41, 5.74) is 2.58. The predicted molar refractivity (Wildman–Crippen MR) is 81.2 cm³/mol. The van der Waals surface area contributed by atoms with Crippen LogP contribution in [-0.4, -0.2) is 11.2 Å². The summed E-state index contributed by atoms with van der Waals surface area (Å²) >= 11 is 5.19. The maximum atomic E-state index is 10.0. The monoisotopic (exact) mass is 324 g/mol. The Kier molecular flexibility index (Phi) is 4.98. The Hall–Kier alpha value is -0.640. The van der Waals surface area contributed by atoms with E-state index >= 15 is 0 Å². The highest BCUT2D eigenvalue weighted by atomic mass is 79.9. The zero-order valence-corrected chi connectivity index (χ0v) is 12.8. The van der Waals surface area contributed by atoms with Crippen molar-refractivity contribution in [3.05, 3.63) is 56.2 Å². The molecule has 2 aromatic rings. The normalized spacial score (nSPS) is 12.6. The van der Waals surface area contributed by atoms with E-state index in [0.717, 1.165) is 23.7 Å². The van der Waals surface area contributed by atoms with Gasteiger partial charge in [0.1, 0.15) is 0 Å². The fourth-order valence-electron chi connectivity index (χ4n) is 1.87. The number of halogens is 1. The lowest BCUT2D eigenvalue weighted by Crippen LogP contribution is -2.11. The van der Waals surface area contributed by atoms with Crippen molar-refractivity contribution in [1.29, 1.82) is 0 Å². The van der Waals surface area contributed by atoms with Crippen molar-refractivity contribution in [2.24, 2.45) is 0 Å². The van der Waals surface area contributed by atoms with Crippen molar-refractivity contribution < 1.29 is 5.11 Å². The van der Waals surface area contributed by atoms with Gasteiger partial charge in [-0.2, -0.15) is 0 Å². The standard InChI is InChI=1S/C15H17BrOS/c1-11-2-4-12(5-3-11)6-7-13(17)10-15-14(16)8-9-18-15/h2-5,8-9,13,17H,6-7,10H2,1H3. The molecule has 0 fully saturated rings. The molecule has 1 nitrogen and oxygen atoms in total. The van der Waals surface area contributed by atoms with Crippen LogP contribution >= 0.6 is 27.3 Å². The minimum Gasteiger partial charge on any atom is -0.393 e. The smallest absolute Gasteiger partial charge is 0.0592 e. The van der Waals surface area contributed by atoms with Gasteiger partial charge in [-0.25, -0.2) is 0 Å². The lowest BCUT2D eigenvalue weighted by Gasteiger charge is -2.10. The Morgan fingerprint density at radius 1 is 1.22 bits per heavy atom. The molecule has 0 aliphatic heterocycles. The van der Waals surface area contributed by atoms with Gasteiger partial charge in [-0.15, -0.1) is 11.3 Å². The van der Waals surface area contributed by atoms with Crippen LogP contribution in [0, 0.1) is 6.92 Å². The molecule has 1 atom stereocenters. The molecule has 0 radical (unpaired) electrons. The maximum Gasteiger partial charge on any atom is 0.0592 e. The van der Waals surface area contributed by atoms with E-state index in [-0.39, 0.29) is 6.10 Å². The second-order valence-corrected chi connectivity index (χ2v) is 6.43. The Morgan fingerprint density at radius 2 is 1.94 bits per heavy atom. The lowest BCUT2D eigenvalue weighted by atomic mass is 10.0. The highest BCUT2D eigenvalue weighted by Gasteiger charge is 2.09. The molecule has 1 unspecified atom stereocenters. The van der Waals surface area contributed by atoms with E-state index in [0.29, 0.717) is 0 Å². The van der Waals surface area contributed by atoms with Crippen LogP contribution in [0.25, 0.3) is 0 Å². The van der Waals surface area contributed by atoms with Crippen LogP contribution in [-0.2, 0) is 12.8 Å². The zero-order chi connectivity index (χ0) is 13.0. The van der Waals surface area contributed by atoms with E-state index in [1.54, 1.807) is 11.3 Å². The minimum absolute atomic E-state index is 0.263. The second-order valence-electron chi connectivity index (χ2n) is 4.57. The zero-order valence-electron chi connectivity index (χ0n) is 10.4. The van der Waals surface area contributed by atoms with E-state index in [1.807, 2.05) is 11.4 Å². The average Bonchev–Trinajstić information content (AvgIpc) is 2.74. The highest BCUT2D eigenvalue weighted by Crippen LogP contribution is 2.24. The highest BCUT2D eigenvalue weighted by molar-refractivity contribution is 9.10. The van der Waals surface area contributed by atoms with Crippen LogP contribution < -0.4 is 0 Å². The second kappa shape index (κ2) is 6.50. The number of rotatable bonds is 5. The summed E-state index contributed by atoms with van der Waals surface area (Å²) in [4.78, 5) is 1.23. The fourth-order valence-corrected chi connectivity index (χ4v) is 3.46. The van der Waals surface area contributed by atoms with Crippen LogP contribution in [0.2, 0.25) is 0 Å². The Labute approximate surface area is 121 Å². The number of aryl methyl sites for hydroxylation is 2. The fraction of sp³-hybridized carbons (Fsp3) is 0.333. The van der Waals surface area contributed by atoms with Gasteiger partial charge in [-0.1, -0.05) is 29.8 Å². The molecule has 1 N–H and O–H groups in total. The molecule has 1 heterocycles. The largest absolute Gasteiger partial charge is 0.393 e. The number of hydrogen-bond donors (Lipinski definition) is 1. The summed E-state index contributed by atoms with van der Waals surface area (Å²) in [5, 5.41) is 12.1. The minimum atomic E-state index is -0.263. The van der Waals surface area contributed by atoms with Gasteiger partial charge in [0.25, 0.3) is 0 Å². The van der Waals surface area contributed by atoms with E-state index in [9.17, 15) is 5.11 Å². The summed E-state index contributed by atoms with van der Waals surface area (Å²) in [6, 6.07) is 10.6. The van der Waals surface area contributed by atoms with Gasteiger partial charge < -0.3 is 5.11 Å². The van der Waals surface area contributed by atoms with Gasteiger partial charge in [-0.05, 0) is 52.7 Å². The van der Waals surface area contributed by atoms with Crippen molar-refractivity contribution in [3.63, 3.8) is 0 Å². The van der Waals surface area contributed by atoms with Crippen molar-refractivity contribution in [2.75, 3.05) is 0 Å². The number of aliphatic hydroxyl groups excluding tert-OH is 1. The molecule has 1 aromatic heterocycles. The molecule has 1 aromatic carbocycles. The van der Waals surface area contributed by atoms with Crippen LogP contribution in [0.4, 0.5) is 0 Å². The molecule has 96 valence electrons. The van der Waals surface area contributed by atoms with Crippen LogP contribution in [0.5, 0.6) is 0 Å². The summed E-state index contributed by atoms with van der Waals surface area (Å²) in [5.74, 6) is 0. The molecule has 0 aliphatic carbocycles. The Balaban J connectivity index is 1.83. The van der Waals surface area contributed by atoms with Gasteiger partial charge in [0.15, 0.2) is 0 Å².